The smallest absolute Gasteiger partial charge is 0.323 e. The topological polar surface area (TPSA) is 124 Å². The number of para-hydroxylation sites is 1. The van der Waals surface area contributed by atoms with Crippen molar-refractivity contribution in [3.05, 3.63) is 71.8 Å². The molecule has 0 heterocycles. The van der Waals surface area contributed by atoms with Crippen molar-refractivity contribution in [3.8, 4) is 17.2 Å². The summed E-state index contributed by atoms with van der Waals surface area (Å²) in [5.74, 6) is 0.932. The van der Waals surface area contributed by atoms with E-state index in [-0.39, 0.29) is 24.7 Å². The van der Waals surface area contributed by atoms with Crippen molar-refractivity contribution in [3.63, 3.8) is 0 Å². The van der Waals surface area contributed by atoms with Crippen molar-refractivity contribution in [1.82, 2.24) is 0 Å². The summed E-state index contributed by atoms with van der Waals surface area (Å²) in [6.45, 7) is 4.82. The Hall–Kier alpha value is -4.73. The molecule has 3 amide bonds. The van der Waals surface area contributed by atoms with E-state index in [9.17, 15) is 14.4 Å². The van der Waals surface area contributed by atoms with Crippen LogP contribution >= 0.6 is 0 Å². The predicted molar refractivity (Wildman–Crippen MR) is 163 cm³/mol. The molecule has 0 saturated heterocycles. The van der Waals surface area contributed by atoms with Gasteiger partial charge in [-0.05, 0) is 61.2 Å². The lowest BCUT2D eigenvalue weighted by molar-refractivity contribution is -0.140. The van der Waals surface area contributed by atoms with Gasteiger partial charge in [-0.25, -0.2) is 4.79 Å². The molecule has 3 aromatic rings. The van der Waals surface area contributed by atoms with Gasteiger partial charge < -0.3 is 34.9 Å². The fourth-order valence-corrected chi connectivity index (χ4v) is 3.97. The Kier molecular flexibility index (Phi) is 12.5. The maximum Gasteiger partial charge on any atom is 0.323 e. The molecule has 10 nitrogen and oxygen atoms in total. The SMILES string of the molecule is CCCCOc1ccc(NC(=O)Cc2ccc(NC(=O)Nc3ccccc3C)c(OC)c2)cc1OCCCC(=O)OC. The third-order valence-corrected chi connectivity index (χ3v) is 6.27. The third kappa shape index (κ3) is 10.0. The highest BCUT2D eigenvalue weighted by Crippen LogP contribution is 2.32. The average molecular weight is 578 g/mol. The van der Waals surface area contributed by atoms with Crippen LogP contribution in [0.2, 0.25) is 0 Å². The quantitative estimate of drug-likeness (QED) is 0.142. The lowest BCUT2D eigenvalue weighted by Gasteiger charge is -2.15. The molecule has 3 rings (SSSR count). The monoisotopic (exact) mass is 577 g/mol. The van der Waals surface area contributed by atoms with Crippen LogP contribution in [0.25, 0.3) is 0 Å². The van der Waals surface area contributed by atoms with Gasteiger partial charge in [0.2, 0.25) is 5.91 Å². The molecule has 3 N–H and O–H groups in total. The van der Waals surface area contributed by atoms with Crippen molar-refractivity contribution in [1.29, 1.82) is 0 Å². The first-order chi connectivity index (χ1) is 20.3. The van der Waals surface area contributed by atoms with Crippen LogP contribution in [0.3, 0.4) is 0 Å². The molecule has 10 heteroatoms. The first-order valence-corrected chi connectivity index (χ1v) is 13.9. The zero-order valence-corrected chi connectivity index (χ0v) is 24.6. The Bertz CT molecular complexity index is 1360. The highest BCUT2D eigenvalue weighted by Gasteiger charge is 2.14. The molecule has 0 unspecified atom stereocenters. The Morgan fingerprint density at radius 1 is 0.762 bits per heavy atom. The summed E-state index contributed by atoms with van der Waals surface area (Å²) in [5.41, 5.74) is 3.37. The van der Waals surface area contributed by atoms with Crippen LogP contribution in [0.15, 0.2) is 60.7 Å². The van der Waals surface area contributed by atoms with Crippen LogP contribution in [-0.2, 0) is 20.7 Å². The second-order valence-electron chi connectivity index (χ2n) is 9.55. The Morgan fingerprint density at radius 3 is 2.24 bits per heavy atom. The number of unbranched alkanes of at least 4 members (excludes halogenated alkanes) is 1. The molecule has 0 spiro atoms. The minimum Gasteiger partial charge on any atom is -0.495 e. The number of amides is 3. The predicted octanol–water partition coefficient (Wildman–Crippen LogP) is 6.34. The van der Waals surface area contributed by atoms with Crippen LogP contribution in [0.1, 0.15) is 43.7 Å². The molecular formula is C32H39N3O7. The summed E-state index contributed by atoms with van der Waals surface area (Å²) in [7, 11) is 2.85. The van der Waals surface area contributed by atoms with Gasteiger partial charge in [-0.2, -0.15) is 0 Å². The van der Waals surface area contributed by atoms with Gasteiger partial charge in [-0.1, -0.05) is 37.6 Å². The number of ether oxygens (including phenoxy) is 4. The fraction of sp³-hybridized carbons (Fsp3) is 0.344. The van der Waals surface area contributed by atoms with Gasteiger partial charge in [0, 0.05) is 23.9 Å². The molecule has 0 aliphatic heterocycles. The number of urea groups is 1. The van der Waals surface area contributed by atoms with Gasteiger partial charge in [0.15, 0.2) is 11.5 Å². The van der Waals surface area contributed by atoms with E-state index in [2.05, 4.69) is 27.6 Å². The van der Waals surface area contributed by atoms with E-state index < -0.39 is 6.03 Å². The first-order valence-electron chi connectivity index (χ1n) is 13.9. The second-order valence-corrected chi connectivity index (χ2v) is 9.55. The number of nitrogens with one attached hydrogen (secondary N) is 3. The molecular weight excluding hydrogens is 538 g/mol. The number of esters is 1. The summed E-state index contributed by atoms with van der Waals surface area (Å²) in [4.78, 5) is 36.8. The molecule has 0 bridgehead atoms. The molecule has 0 aliphatic rings. The number of aryl methyl sites for hydroxylation is 1. The van der Waals surface area contributed by atoms with Gasteiger partial charge in [-0.15, -0.1) is 0 Å². The largest absolute Gasteiger partial charge is 0.495 e. The van der Waals surface area contributed by atoms with Crippen LogP contribution in [0.4, 0.5) is 21.9 Å². The van der Waals surface area contributed by atoms with Crippen molar-refractivity contribution in [2.75, 3.05) is 43.4 Å². The standard InChI is InChI=1S/C32H39N3O7/c1-5-6-17-41-27-16-14-24(21-29(27)42-18-9-12-31(37)40-4)33-30(36)20-23-13-15-26(28(19-23)39-3)35-32(38)34-25-11-8-7-10-22(25)2/h7-8,10-11,13-16,19,21H,5-6,9,12,17-18,20H2,1-4H3,(H,33,36)(H2,34,35,38). The second kappa shape index (κ2) is 16.5. The summed E-state index contributed by atoms with van der Waals surface area (Å²) in [5, 5.41) is 8.50. The number of benzene rings is 3. The van der Waals surface area contributed by atoms with Gasteiger partial charge in [0.1, 0.15) is 5.75 Å². The van der Waals surface area contributed by atoms with Gasteiger partial charge >= 0.3 is 12.0 Å². The van der Waals surface area contributed by atoms with Gasteiger partial charge in [-0.3, -0.25) is 9.59 Å². The van der Waals surface area contributed by atoms with E-state index in [1.165, 1.54) is 14.2 Å². The molecule has 3 aromatic carbocycles. The first kappa shape index (κ1) is 31.8. The molecule has 0 radical (unpaired) electrons. The summed E-state index contributed by atoms with van der Waals surface area (Å²) in [6, 6.07) is 17.5. The van der Waals surface area contributed by atoms with Crippen molar-refractivity contribution in [2.45, 2.75) is 46.0 Å². The molecule has 224 valence electrons. The Balaban J connectivity index is 1.62. The molecule has 0 aliphatic carbocycles. The highest BCUT2D eigenvalue weighted by atomic mass is 16.5. The summed E-state index contributed by atoms with van der Waals surface area (Å²) < 4.78 is 21.9. The lowest BCUT2D eigenvalue weighted by atomic mass is 10.1. The lowest BCUT2D eigenvalue weighted by Crippen LogP contribution is -2.20. The fourth-order valence-electron chi connectivity index (χ4n) is 3.97. The van der Waals surface area contributed by atoms with Crippen LogP contribution in [-0.4, -0.2) is 45.3 Å². The maximum absolute atomic E-state index is 12.9. The van der Waals surface area contributed by atoms with E-state index in [0.29, 0.717) is 59.5 Å². The molecule has 0 fully saturated rings. The van der Waals surface area contributed by atoms with E-state index >= 15 is 0 Å². The maximum atomic E-state index is 12.9. The minimum atomic E-state index is -0.404. The summed E-state index contributed by atoms with van der Waals surface area (Å²) >= 11 is 0. The van der Waals surface area contributed by atoms with E-state index in [0.717, 1.165) is 18.4 Å². The number of rotatable bonds is 15. The number of hydrogen-bond donors (Lipinski definition) is 3. The van der Waals surface area contributed by atoms with Crippen LogP contribution in [0.5, 0.6) is 17.2 Å². The number of methoxy groups -OCH3 is 2. The normalized spacial score (nSPS) is 10.4. The number of hydrogen-bond acceptors (Lipinski definition) is 7. The van der Waals surface area contributed by atoms with Crippen LogP contribution in [0, 0.1) is 6.92 Å². The van der Waals surface area contributed by atoms with Gasteiger partial charge in [0.25, 0.3) is 0 Å². The third-order valence-electron chi connectivity index (χ3n) is 6.27. The van der Waals surface area contributed by atoms with E-state index in [1.54, 1.807) is 36.4 Å². The van der Waals surface area contributed by atoms with E-state index in [1.807, 2.05) is 31.2 Å². The zero-order valence-electron chi connectivity index (χ0n) is 24.6. The Morgan fingerprint density at radius 2 is 1.50 bits per heavy atom. The number of anilines is 3. The number of carbonyl (C=O) groups is 3. The Labute approximate surface area is 246 Å². The van der Waals surface area contributed by atoms with E-state index in [4.69, 9.17) is 14.2 Å². The molecule has 0 saturated carbocycles. The van der Waals surface area contributed by atoms with Crippen LogP contribution < -0.4 is 30.2 Å². The van der Waals surface area contributed by atoms with Gasteiger partial charge in [0.05, 0.1) is 39.5 Å². The van der Waals surface area contributed by atoms with Crippen molar-refractivity contribution in [2.24, 2.45) is 0 Å². The summed E-state index contributed by atoms with van der Waals surface area (Å²) in [6.07, 6.45) is 2.70. The zero-order chi connectivity index (χ0) is 30.3. The molecule has 42 heavy (non-hydrogen) atoms. The van der Waals surface area contributed by atoms with Crippen molar-refractivity contribution < 1.29 is 33.3 Å². The molecule has 0 atom stereocenters. The number of carbonyl (C=O) groups excluding carboxylic acids is 3. The van der Waals surface area contributed by atoms with Crippen molar-refractivity contribution >= 4 is 35.0 Å². The molecule has 0 aromatic heterocycles. The minimum absolute atomic E-state index is 0.0795. The average Bonchev–Trinajstić information content (AvgIpc) is 2.98. The highest BCUT2D eigenvalue weighted by molar-refractivity contribution is 6.01.